The van der Waals surface area contributed by atoms with Gasteiger partial charge in [-0.15, -0.1) is 0 Å². The first-order chi connectivity index (χ1) is 16.1. The molecule has 0 spiro atoms. The van der Waals surface area contributed by atoms with E-state index >= 15 is 0 Å². The van der Waals surface area contributed by atoms with E-state index in [-0.39, 0.29) is 6.03 Å². The van der Waals surface area contributed by atoms with Gasteiger partial charge in [-0.3, -0.25) is 0 Å². The zero-order valence-electron chi connectivity index (χ0n) is 20.0. The van der Waals surface area contributed by atoms with Crippen molar-refractivity contribution in [1.82, 2.24) is 9.80 Å². The zero-order valence-corrected chi connectivity index (χ0v) is 20.0. The van der Waals surface area contributed by atoms with E-state index in [0.29, 0.717) is 5.92 Å². The molecule has 1 N–H and O–H groups in total. The first-order valence-electron chi connectivity index (χ1n) is 12.0. The van der Waals surface area contributed by atoms with Crippen LogP contribution < -0.4 is 19.7 Å². The van der Waals surface area contributed by atoms with Crippen LogP contribution in [0.2, 0.25) is 0 Å². The minimum atomic E-state index is -0.0173. The number of para-hydroxylation sites is 2. The summed E-state index contributed by atoms with van der Waals surface area (Å²) in [6, 6.07) is 14.2. The van der Waals surface area contributed by atoms with Crippen molar-refractivity contribution in [3.05, 3.63) is 48.0 Å². The molecule has 2 aromatic rings. The summed E-state index contributed by atoms with van der Waals surface area (Å²) < 4.78 is 10.9. The highest BCUT2D eigenvalue weighted by atomic mass is 16.5. The van der Waals surface area contributed by atoms with Crippen molar-refractivity contribution in [3.63, 3.8) is 0 Å². The van der Waals surface area contributed by atoms with Gasteiger partial charge < -0.3 is 29.5 Å². The molecule has 2 amide bonds. The molecular weight excluding hydrogens is 416 g/mol. The zero-order chi connectivity index (χ0) is 23.2. The smallest absolute Gasteiger partial charge is 0.321 e. The fraction of sp³-hybridized carbons (Fsp3) is 0.500. The van der Waals surface area contributed by atoms with Gasteiger partial charge in [0.15, 0.2) is 0 Å². The van der Waals surface area contributed by atoms with Crippen LogP contribution in [-0.4, -0.2) is 75.9 Å². The highest BCUT2D eigenvalue weighted by molar-refractivity contribution is 5.93. The predicted molar refractivity (Wildman–Crippen MR) is 133 cm³/mol. The second kappa shape index (κ2) is 10.8. The van der Waals surface area contributed by atoms with Crippen molar-refractivity contribution in [1.29, 1.82) is 0 Å². The summed E-state index contributed by atoms with van der Waals surface area (Å²) in [6.45, 7) is 8.83. The Balaban J connectivity index is 1.37. The number of anilines is 2. The Morgan fingerprint density at radius 3 is 2.18 bits per heavy atom. The van der Waals surface area contributed by atoms with Gasteiger partial charge in [-0.25, -0.2) is 4.79 Å². The van der Waals surface area contributed by atoms with Gasteiger partial charge in [0.05, 0.1) is 25.6 Å². The SMILES string of the molecule is CCN1CCN(c2ccccc2NC(=O)N2CCC(c3cc(OC)cc(OC)c3)CC2)CC1. The number of hydrogen-bond donors (Lipinski definition) is 1. The molecule has 2 aliphatic rings. The van der Waals surface area contributed by atoms with Gasteiger partial charge in [0.2, 0.25) is 0 Å². The predicted octanol–water partition coefficient (Wildman–Crippen LogP) is 4.26. The van der Waals surface area contributed by atoms with E-state index in [1.165, 1.54) is 5.56 Å². The van der Waals surface area contributed by atoms with E-state index in [9.17, 15) is 4.79 Å². The fourth-order valence-electron chi connectivity index (χ4n) is 4.84. The number of likely N-dealkylation sites (N-methyl/N-ethyl adjacent to an activating group) is 1. The molecule has 0 bridgehead atoms. The number of rotatable bonds is 6. The molecule has 7 heteroatoms. The summed E-state index contributed by atoms with van der Waals surface area (Å²) in [5.74, 6) is 2.00. The maximum Gasteiger partial charge on any atom is 0.321 e. The topological polar surface area (TPSA) is 57.3 Å². The molecule has 0 unspecified atom stereocenters. The number of likely N-dealkylation sites (tertiary alicyclic amines) is 1. The monoisotopic (exact) mass is 452 g/mol. The molecule has 2 heterocycles. The summed E-state index contributed by atoms with van der Waals surface area (Å²) in [4.78, 5) is 19.9. The average molecular weight is 453 g/mol. The Hall–Kier alpha value is -2.93. The van der Waals surface area contributed by atoms with Crippen molar-refractivity contribution < 1.29 is 14.3 Å². The Bertz CT molecular complexity index is 913. The molecule has 0 aromatic heterocycles. The first kappa shape index (κ1) is 23.2. The van der Waals surface area contributed by atoms with E-state index in [1.807, 2.05) is 29.2 Å². The van der Waals surface area contributed by atoms with E-state index in [0.717, 1.165) is 81.5 Å². The van der Waals surface area contributed by atoms with Crippen molar-refractivity contribution in [2.24, 2.45) is 0 Å². The lowest BCUT2D eigenvalue weighted by Gasteiger charge is -2.37. The molecule has 33 heavy (non-hydrogen) atoms. The average Bonchev–Trinajstić information content (AvgIpc) is 2.88. The van der Waals surface area contributed by atoms with Crippen molar-refractivity contribution in [2.75, 3.05) is 70.2 Å². The molecule has 2 aliphatic heterocycles. The third-order valence-corrected chi connectivity index (χ3v) is 6.93. The van der Waals surface area contributed by atoms with Gasteiger partial charge in [-0.1, -0.05) is 19.1 Å². The lowest BCUT2D eigenvalue weighted by Crippen LogP contribution is -2.46. The quantitative estimate of drug-likeness (QED) is 0.710. The number of methoxy groups -OCH3 is 2. The number of hydrogen-bond acceptors (Lipinski definition) is 5. The highest BCUT2D eigenvalue weighted by Crippen LogP contribution is 2.34. The van der Waals surface area contributed by atoms with Crippen LogP contribution in [0.3, 0.4) is 0 Å². The van der Waals surface area contributed by atoms with Crippen molar-refractivity contribution >= 4 is 17.4 Å². The maximum absolute atomic E-state index is 13.1. The number of ether oxygens (including phenoxy) is 2. The fourth-order valence-corrected chi connectivity index (χ4v) is 4.84. The highest BCUT2D eigenvalue weighted by Gasteiger charge is 2.26. The van der Waals surface area contributed by atoms with Crippen molar-refractivity contribution in [2.45, 2.75) is 25.7 Å². The molecule has 2 fully saturated rings. The minimum Gasteiger partial charge on any atom is -0.497 e. The summed E-state index contributed by atoms with van der Waals surface area (Å²) in [6.07, 6.45) is 1.84. The lowest BCUT2D eigenvalue weighted by atomic mass is 9.89. The van der Waals surface area contributed by atoms with Gasteiger partial charge in [0.25, 0.3) is 0 Å². The number of piperazine rings is 1. The third kappa shape index (κ3) is 5.53. The van der Waals surface area contributed by atoms with Crippen molar-refractivity contribution in [3.8, 4) is 11.5 Å². The normalized spacial score (nSPS) is 17.7. The van der Waals surface area contributed by atoms with E-state index in [1.54, 1.807) is 14.2 Å². The Morgan fingerprint density at radius 1 is 0.939 bits per heavy atom. The molecule has 4 rings (SSSR count). The van der Waals surface area contributed by atoms with Crippen LogP contribution in [0.5, 0.6) is 11.5 Å². The van der Waals surface area contributed by atoms with Gasteiger partial charge >= 0.3 is 6.03 Å². The Kier molecular flexibility index (Phi) is 7.60. The van der Waals surface area contributed by atoms with Gasteiger partial charge in [-0.05, 0) is 55.1 Å². The molecule has 2 aromatic carbocycles. The van der Waals surface area contributed by atoms with E-state index < -0.39 is 0 Å². The second-order valence-electron chi connectivity index (χ2n) is 8.78. The van der Waals surface area contributed by atoms with Crippen LogP contribution in [0.1, 0.15) is 31.2 Å². The van der Waals surface area contributed by atoms with Crippen LogP contribution in [0.25, 0.3) is 0 Å². The van der Waals surface area contributed by atoms with Gasteiger partial charge in [0.1, 0.15) is 11.5 Å². The molecule has 0 saturated carbocycles. The molecule has 0 aliphatic carbocycles. The van der Waals surface area contributed by atoms with Gasteiger partial charge in [0, 0.05) is 45.3 Å². The van der Waals surface area contributed by atoms with Crippen LogP contribution in [0.4, 0.5) is 16.2 Å². The lowest BCUT2D eigenvalue weighted by molar-refractivity contribution is 0.194. The second-order valence-corrected chi connectivity index (χ2v) is 8.78. The minimum absolute atomic E-state index is 0.0173. The maximum atomic E-state index is 13.1. The molecule has 0 atom stereocenters. The molecular formula is C26H36N4O3. The molecule has 7 nitrogen and oxygen atoms in total. The number of nitrogens with one attached hydrogen (secondary N) is 1. The summed E-state index contributed by atoms with van der Waals surface area (Å²) in [5, 5.41) is 3.19. The summed E-state index contributed by atoms with van der Waals surface area (Å²) in [5.41, 5.74) is 3.22. The molecule has 178 valence electrons. The first-order valence-corrected chi connectivity index (χ1v) is 12.0. The standard InChI is InChI=1S/C26H36N4O3/c1-4-28-13-15-29(16-14-28)25-8-6-5-7-24(25)27-26(31)30-11-9-20(10-12-30)21-17-22(32-2)19-23(18-21)33-3/h5-8,17-20H,4,9-16H2,1-3H3,(H,27,31). The number of nitrogens with zero attached hydrogens (tertiary/aromatic N) is 3. The van der Waals surface area contributed by atoms with Crippen LogP contribution >= 0.6 is 0 Å². The van der Waals surface area contributed by atoms with E-state index in [2.05, 4.69) is 40.2 Å². The summed E-state index contributed by atoms with van der Waals surface area (Å²) >= 11 is 0. The summed E-state index contributed by atoms with van der Waals surface area (Å²) in [7, 11) is 3.35. The Morgan fingerprint density at radius 2 is 1.58 bits per heavy atom. The number of urea groups is 1. The van der Waals surface area contributed by atoms with Gasteiger partial charge in [-0.2, -0.15) is 0 Å². The largest absolute Gasteiger partial charge is 0.497 e. The Labute approximate surface area is 197 Å². The van der Waals surface area contributed by atoms with Crippen LogP contribution in [0.15, 0.2) is 42.5 Å². The number of amides is 2. The number of carbonyl (C=O) groups is 1. The van der Waals surface area contributed by atoms with E-state index in [4.69, 9.17) is 9.47 Å². The molecule has 0 radical (unpaired) electrons. The van der Waals surface area contributed by atoms with Crippen LogP contribution in [-0.2, 0) is 0 Å². The number of piperidine rings is 1. The number of benzene rings is 2. The molecule has 2 saturated heterocycles. The third-order valence-electron chi connectivity index (χ3n) is 6.93. The van der Waals surface area contributed by atoms with Crippen LogP contribution in [0, 0.1) is 0 Å². The number of carbonyl (C=O) groups excluding carboxylic acids is 1.